The summed E-state index contributed by atoms with van der Waals surface area (Å²) in [5.41, 5.74) is 0.974. The molecule has 2 rings (SSSR count). The van der Waals surface area contributed by atoms with E-state index in [-0.39, 0.29) is 12.5 Å². The number of nitrogens with zero attached hydrogens (tertiary/aromatic N) is 1. The van der Waals surface area contributed by atoms with Gasteiger partial charge in [-0.15, -0.1) is 0 Å². The molecule has 1 aromatic rings. The highest BCUT2D eigenvalue weighted by molar-refractivity contribution is 5.87. The Morgan fingerprint density at radius 1 is 1.36 bits per heavy atom. The maximum atomic E-state index is 13.0. The normalized spacial score (nSPS) is 19.7. The number of carbonyl (C=O) groups is 2. The van der Waals surface area contributed by atoms with Gasteiger partial charge in [-0.2, -0.15) is 0 Å². The minimum atomic E-state index is -2.86. The molecule has 0 aromatic heterocycles. The van der Waals surface area contributed by atoms with Crippen LogP contribution in [0.2, 0.25) is 0 Å². The molecule has 2 amide bonds. The van der Waals surface area contributed by atoms with Crippen molar-refractivity contribution in [1.29, 1.82) is 0 Å². The Labute approximate surface area is 127 Å². The molecule has 22 heavy (non-hydrogen) atoms. The number of carbonyl (C=O) groups excluding carboxylic acids is 2. The van der Waals surface area contributed by atoms with Crippen LogP contribution in [0, 0.1) is 0 Å². The van der Waals surface area contributed by atoms with Gasteiger partial charge in [-0.1, -0.05) is 30.3 Å². The highest BCUT2D eigenvalue weighted by atomic mass is 19.3. The summed E-state index contributed by atoms with van der Waals surface area (Å²) in [7, 11) is 1.63. The molecule has 2 N–H and O–H groups in total. The predicted molar refractivity (Wildman–Crippen MR) is 77.3 cm³/mol. The van der Waals surface area contributed by atoms with Crippen LogP contribution in [0.1, 0.15) is 12.0 Å². The largest absolute Gasteiger partial charge is 0.346 e. The second kappa shape index (κ2) is 6.83. The van der Waals surface area contributed by atoms with Gasteiger partial charge >= 0.3 is 0 Å². The van der Waals surface area contributed by atoms with E-state index in [2.05, 4.69) is 10.6 Å². The number of hydrogen-bond donors (Lipinski definition) is 2. The molecule has 1 aliphatic heterocycles. The van der Waals surface area contributed by atoms with Crippen LogP contribution in [0.4, 0.5) is 8.78 Å². The highest BCUT2D eigenvalue weighted by Crippen LogP contribution is 2.24. The van der Waals surface area contributed by atoms with Crippen LogP contribution in [0.5, 0.6) is 0 Å². The molecule has 0 aliphatic carbocycles. The third-order valence-electron chi connectivity index (χ3n) is 3.53. The van der Waals surface area contributed by atoms with E-state index in [0.717, 1.165) is 5.56 Å². The van der Waals surface area contributed by atoms with Crippen molar-refractivity contribution in [2.75, 3.05) is 20.1 Å². The molecular weight excluding hydrogens is 292 g/mol. The first kappa shape index (κ1) is 16.4. The standard InChI is InChI=1S/C15H19F2N3O2/c1-20(9-11-5-3-2-4-6-11)13(21)8-18-14(22)12-7-15(16,17)10-19-12/h2-6,12,19H,7-10H2,1H3,(H,18,22). The van der Waals surface area contributed by atoms with Crippen molar-refractivity contribution < 1.29 is 18.4 Å². The smallest absolute Gasteiger partial charge is 0.262 e. The fourth-order valence-electron chi connectivity index (χ4n) is 2.27. The lowest BCUT2D eigenvalue weighted by Gasteiger charge is -2.18. The van der Waals surface area contributed by atoms with Gasteiger partial charge in [0, 0.05) is 20.0 Å². The van der Waals surface area contributed by atoms with Crippen molar-refractivity contribution >= 4 is 11.8 Å². The van der Waals surface area contributed by atoms with Crippen molar-refractivity contribution in [3.63, 3.8) is 0 Å². The third-order valence-corrected chi connectivity index (χ3v) is 3.53. The van der Waals surface area contributed by atoms with Gasteiger partial charge < -0.3 is 10.2 Å². The lowest BCUT2D eigenvalue weighted by atomic mass is 10.2. The molecule has 1 aliphatic rings. The van der Waals surface area contributed by atoms with E-state index < -0.39 is 30.8 Å². The number of likely N-dealkylation sites (N-methyl/N-ethyl adjacent to an activating group) is 1. The summed E-state index contributed by atoms with van der Waals surface area (Å²) in [6.45, 7) is -0.284. The van der Waals surface area contributed by atoms with Gasteiger partial charge in [0.25, 0.3) is 5.92 Å². The number of amides is 2. The van der Waals surface area contributed by atoms with Crippen LogP contribution >= 0.6 is 0 Å². The summed E-state index contributed by atoms with van der Waals surface area (Å²) in [6, 6.07) is 8.49. The Bertz CT molecular complexity index is 537. The second-order valence-corrected chi connectivity index (χ2v) is 5.45. The zero-order valence-corrected chi connectivity index (χ0v) is 12.3. The van der Waals surface area contributed by atoms with Crippen LogP contribution in [-0.2, 0) is 16.1 Å². The number of halogens is 2. The van der Waals surface area contributed by atoms with Gasteiger partial charge in [0.05, 0.1) is 19.1 Å². The molecule has 1 fully saturated rings. The first-order valence-corrected chi connectivity index (χ1v) is 7.04. The lowest BCUT2D eigenvalue weighted by Crippen LogP contribution is -2.45. The molecule has 0 saturated carbocycles. The van der Waals surface area contributed by atoms with E-state index >= 15 is 0 Å². The minimum Gasteiger partial charge on any atom is -0.346 e. The monoisotopic (exact) mass is 311 g/mol. The summed E-state index contributed by atoms with van der Waals surface area (Å²) in [5, 5.41) is 4.86. The SMILES string of the molecule is CN(Cc1ccccc1)C(=O)CNC(=O)C1CC(F)(F)CN1. The molecule has 1 unspecified atom stereocenters. The molecule has 5 nitrogen and oxygen atoms in total. The zero-order chi connectivity index (χ0) is 16.2. The van der Waals surface area contributed by atoms with Crippen molar-refractivity contribution in [3.05, 3.63) is 35.9 Å². The molecule has 1 heterocycles. The lowest BCUT2D eigenvalue weighted by molar-refractivity contribution is -0.132. The number of alkyl halides is 2. The van der Waals surface area contributed by atoms with Gasteiger partial charge in [0.1, 0.15) is 0 Å². The zero-order valence-electron chi connectivity index (χ0n) is 12.3. The van der Waals surface area contributed by atoms with Crippen LogP contribution in [0.15, 0.2) is 30.3 Å². The fraction of sp³-hybridized carbons (Fsp3) is 0.467. The molecular formula is C15H19F2N3O2. The van der Waals surface area contributed by atoms with Crippen LogP contribution in [0.25, 0.3) is 0 Å². The Hall–Kier alpha value is -2.02. The topological polar surface area (TPSA) is 61.4 Å². The highest BCUT2D eigenvalue weighted by Gasteiger charge is 2.42. The van der Waals surface area contributed by atoms with Crippen molar-refractivity contribution in [3.8, 4) is 0 Å². The summed E-state index contributed by atoms with van der Waals surface area (Å²) in [4.78, 5) is 25.2. The van der Waals surface area contributed by atoms with Gasteiger partial charge in [-0.25, -0.2) is 8.78 Å². The number of benzene rings is 1. The second-order valence-electron chi connectivity index (χ2n) is 5.45. The Morgan fingerprint density at radius 2 is 2.05 bits per heavy atom. The van der Waals surface area contributed by atoms with Gasteiger partial charge in [0.15, 0.2) is 0 Å². The van der Waals surface area contributed by atoms with Crippen LogP contribution in [0.3, 0.4) is 0 Å². The summed E-state index contributed by atoms with van der Waals surface area (Å²) in [6.07, 6.45) is -0.535. The predicted octanol–water partition coefficient (Wildman–Crippen LogP) is 0.758. The summed E-state index contributed by atoms with van der Waals surface area (Å²) < 4.78 is 26.0. The number of hydrogen-bond acceptors (Lipinski definition) is 3. The Balaban J connectivity index is 1.76. The van der Waals surface area contributed by atoms with E-state index in [1.54, 1.807) is 7.05 Å². The maximum Gasteiger partial charge on any atom is 0.262 e. The van der Waals surface area contributed by atoms with Crippen molar-refractivity contribution in [2.24, 2.45) is 0 Å². The third kappa shape index (κ3) is 4.49. The average Bonchev–Trinajstić information content (AvgIpc) is 2.85. The van der Waals surface area contributed by atoms with Crippen LogP contribution < -0.4 is 10.6 Å². The molecule has 1 aromatic carbocycles. The van der Waals surface area contributed by atoms with Gasteiger partial charge in [-0.05, 0) is 5.56 Å². The van der Waals surface area contributed by atoms with Gasteiger partial charge in [-0.3, -0.25) is 14.9 Å². The first-order chi connectivity index (χ1) is 10.4. The molecule has 120 valence electrons. The van der Waals surface area contributed by atoms with Crippen LogP contribution in [-0.4, -0.2) is 48.8 Å². The van der Waals surface area contributed by atoms with E-state index in [1.165, 1.54) is 4.90 Å². The van der Waals surface area contributed by atoms with E-state index in [1.807, 2.05) is 30.3 Å². The molecule has 0 radical (unpaired) electrons. The number of nitrogens with one attached hydrogen (secondary N) is 2. The first-order valence-electron chi connectivity index (χ1n) is 7.04. The van der Waals surface area contributed by atoms with Crippen molar-refractivity contribution in [1.82, 2.24) is 15.5 Å². The fourth-order valence-corrected chi connectivity index (χ4v) is 2.27. The van der Waals surface area contributed by atoms with Crippen molar-refractivity contribution in [2.45, 2.75) is 24.9 Å². The Morgan fingerprint density at radius 3 is 2.64 bits per heavy atom. The minimum absolute atomic E-state index is 0.202. The molecule has 0 spiro atoms. The Kier molecular flexibility index (Phi) is 5.07. The molecule has 1 atom stereocenters. The molecule has 7 heteroatoms. The van der Waals surface area contributed by atoms with Gasteiger partial charge in [0.2, 0.25) is 11.8 Å². The van der Waals surface area contributed by atoms with E-state index in [0.29, 0.717) is 6.54 Å². The molecule has 0 bridgehead atoms. The maximum absolute atomic E-state index is 13.0. The molecule has 1 saturated heterocycles. The quantitative estimate of drug-likeness (QED) is 0.844. The van der Waals surface area contributed by atoms with E-state index in [9.17, 15) is 18.4 Å². The summed E-state index contributed by atoms with van der Waals surface area (Å²) >= 11 is 0. The van der Waals surface area contributed by atoms with E-state index in [4.69, 9.17) is 0 Å². The number of rotatable bonds is 5. The summed E-state index contributed by atoms with van der Waals surface area (Å²) in [5.74, 6) is -3.71. The average molecular weight is 311 g/mol.